The van der Waals surface area contributed by atoms with Gasteiger partial charge >= 0.3 is 0 Å². The lowest BCUT2D eigenvalue weighted by molar-refractivity contribution is 0.518. The molecule has 1 aromatic heterocycles. The number of aryl methyl sites for hydroxylation is 1. The molecule has 0 saturated carbocycles. The van der Waals surface area contributed by atoms with Crippen LogP contribution in [0.4, 0.5) is 0 Å². The van der Waals surface area contributed by atoms with Crippen LogP contribution in [0.15, 0.2) is 28.7 Å². The lowest BCUT2D eigenvalue weighted by Crippen LogP contribution is -2.10. The molecule has 0 atom stereocenters. The Hall–Kier alpha value is -1.28. The molecule has 0 aliphatic rings. The molecule has 0 fully saturated rings. The van der Waals surface area contributed by atoms with Gasteiger partial charge in [-0.2, -0.15) is 0 Å². The van der Waals surface area contributed by atoms with Gasteiger partial charge in [-0.1, -0.05) is 32.0 Å². The smallest absolute Gasteiger partial charge is 0.137 e. The van der Waals surface area contributed by atoms with E-state index >= 15 is 0 Å². The monoisotopic (exact) mass is 203 g/mol. The normalized spacial score (nSPS) is 11.1. The Morgan fingerprint density at radius 1 is 1.27 bits per heavy atom. The Bertz CT molecular complexity index is 445. The maximum atomic E-state index is 5.83. The summed E-state index contributed by atoms with van der Waals surface area (Å²) in [6.07, 6.45) is 1.02. The summed E-state index contributed by atoms with van der Waals surface area (Å²) in [7, 11) is 0. The van der Waals surface area contributed by atoms with Crippen molar-refractivity contribution in [3.63, 3.8) is 0 Å². The van der Waals surface area contributed by atoms with Crippen LogP contribution in [0.3, 0.4) is 0 Å². The Balaban J connectivity index is 2.37. The first-order valence-electron chi connectivity index (χ1n) is 5.56. The van der Waals surface area contributed by atoms with E-state index in [1.165, 1.54) is 10.9 Å². The Morgan fingerprint density at radius 3 is 2.87 bits per heavy atom. The van der Waals surface area contributed by atoms with Crippen LogP contribution in [-0.2, 0) is 13.0 Å². The van der Waals surface area contributed by atoms with Crippen LogP contribution >= 0.6 is 0 Å². The average Bonchev–Trinajstić information content (AvgIpc) is 2.68. The van der Waals surface area contributed by atoms with Gasteiger partial charge in [-0.15, -0.1) is 0 Å². The summed E-state index contributed by atoms with van der Waals surface area (Å²) in [5.74, 6) is 1.02. The standard InChI is InChI=1S/C13H17NO/c1-3-10-6-5-7-11-8-12(9-14-4-2)15-13(10)11/h5-8,14H,3-4,9H2,1-2H3. The quantitative estimate of drug-likeness (QED) is 0.826. The Labute approximate surface area is 90.3 Å². The largest absolute Gasteiger partial charge is 0.459 e. The second-order valence-corrected chi connectivity index (χ2v) is 3.68. The molecule has 80 valence electrons. The Kier molecular flexibility index (Phi) is 3.07. The van der Waals surface area contributed by atoms with Gasteiger partial charge < -0.3 is 9.73 Å². The molecule has 1 N–H and O–H groups in total. The zero-order valence-electron chi connectivity index (χ0n) is 9.34. The van der Waals surface area contributed by atoms with Gasteiger partial charge in [0.1, 0.15) is 11.3 Å². The van der Waals surface area contributed by atoms with Crippen LogP contribution in [0, 0.1) is 0 Å². The zero-order chi connectivity index (χ0) is 10.7. The van der Waals surface area contributed by atoms with Crippen molar-refractivity contribution >= 4 is 11.0 Å². The number of fused-ring (bicyclic) bond motifs is 1. The molecule has 1 heterocycles. The van der Waals surface area contributed by atoms with Crippen molar-refractivity contribution in [1.82, 2.24) is 5.32 Å². The summed E-state index contributed by atoms with van der Waals surface area (Å²) in [6.45, 7) is 6.04. The molecule has 1 aromatic carbocycles. The predicted molar refractivity (Wildman–Crippen MR) is 63.0 cm³/mol. The van der Waals surface area contributed by atoms with Crippen molar-refractivity contribution < 1.29 is 4.42 Å². The predicted octanol–water partition coefficient (Wildman–Crippen LogP) is 3.10. The molecular weight excluding hydrogens is 186 g/mol. The molecule has 0 radical (unpaired) electrons. The third kappa shape index (κ3) is 2.05. The third-order valence-electron chi connectivity index (χ3n) is 2.61. The molecule has 0 unspecified atom stereocenters. The van der Waals surface area contributed by atoms with Crippen molar-refractivity contribution in [3.8, 4) is 0 Å². The van der Waals surface area contributed by atoms with Gasteiger partial charge in [0, 0.05) is 5.39 Å². The number of benzene rings is 1. The van der Waals surface area contributed by atoms with E-state index < -0.39 is 0 Å². The van der Waals surface area contributed by atoms with Gasteiger partial charge in [-0.25, -0.2) is 0 Å². The van der Waals surface area contributed by atoms with Crippen LogP contribution in [0.5, 0.6) is 0 Å². The first-order valence-corrected chi connectivity index (χ1v) is 5.56. The molecule has 15 heavy (non-hydrogen) atoms. The van der Waals surface area contributed by atoms with Gasteiger partial charge in [-0.05, 0) is 24.6 Å². The molecule has 0 spiro atoms. The highest BCUT2D eigenvalue weighted by Crippen LogP contribution is 2.23. The topological polar surface area (TPSA) is 25.2 Å². The fourth-order valence-electron chi connectivity index (χ4n) is 1.79. The lowest BCUT2D eigenvalue weighted by atomic mass is 10.1. The Morgan fingerprint density at radius 2 is 2.13 bits per heavy atom. The minimum Gasteiger partial charge on any atom is -0.459 e. The van der Waals surface area contributed by atoms with Gasteiger partial charge in [0.2, 0.25) is 0 Å². The van der Waals surface area contributed by atoms with Crippen molar-refractivity contribution in [3.05, 3.63) is 35.6 Å². The fraction of sp³-hybridized carbons (Fsp3) is 0.385. The molecule has 0 aliphatic heterocycles. The summed E-state index contributed by atoms with van der Waals surface area (Å²) in [5.41, 5.74) is 2.34. The highest BCUT2D eigenvalue weighted by molar-refractivity contribution is 5.81. The van der Waals surface area contributed by atoms with E-state index in [9.17, 15) is 0 Å². The van der Waals surface area contributed by atoms with Gasteiger partial charge in [0.15, 0.2) is 0 Å². The summed E-state index contributed by atoms with van der Waals surface area (Å²) >= 11 is 0. The second-order valence-electron chi connectivity index (χ2n) is 3.68. The van der Waals surface area contributed by atoms with Crippen molar-refractivity contribution in [2.75, 3.05) is 6.54 Å². The molecule has 2 heteroatoms. The van der Waals surface area contributed by atoms with E-state index in [0.717, 1.165) is 30.9 Å². The summed E-state index contributed by atoms with van der Waals surface area (Å²) in [4.78, 5) is 0. The molecule has 0 aliphatic carbocycles. The molecule has 2 rings (SSSR count). The molecule has 0 amide bonds. The highest BCUT2D eigenvalue weighted by Gasteiger charge is 2.05. The maximum Gasteiger partial charge on any atom is 0.137 e. The average molecular weight is 203 g/mol. The fourth-order valence-corrected chi connectivity index (χ4v) is 1.79. The van der Waals surface area contributed by atoms with Crippen LogP contribution in [0.1, 0.15) is 25.2 Å². The molecule has 2 aromatic rings. The molecule has 0 saturated heterocycles. The SMILES string of the molecule is CCNCc1cc2cccc(CC)c2o1. The number of para-hydroxylation sites is 1. The van der Waals surface area contributed by atoms with Crippen LogP contribution in [0.25, 0.3) is 11.0 Å². The van der Waals surface area contributed by atoms with Gasteiger partial charge in [-0.3, -0.25) is 0 Å². The van der Waals surface area contributed by atoms with Crippen molar-refractivity contribution in [2.24, 2.45) is 0 Å². The first-order chi connectivity index (χ1) is 7.35. The van der Waals surface area contributed by atoms with Crippen molar-refractivity contribution in [1.29, 1.82) is 0 Å². The van der Waals surface area contributed by atoms with E-state index in [1.54, 1.807) is 0 Å². The molecule has 2 nitrogen and oxygen atoms in total. The number of hydrogen-bond donors (Lipinski definition) is 1. The van der Waals surface area contributed by atoms with Gasteiger partial charge in [0.25, 0.3) is 0 Å². The number of furan rings is 1. The second kappa shape index (κ2) is 4.49. The van der Waals surface area contributed by atoms with E-state index in [4.69, 9.17) is 4.42 Å². The van der Waals surface area contributed by atoms with Crippen molar-refractivity contribution in [2.45, 2.75) is 26.8 Å². The zero-order valence-corrected chi connectivity index (χ0v) is 9.34. The van der Waals surface area contributed by atoms with E-state index in [2.05, 4.69) is 43.4 Å². The summed E-state index contributed by atoms with van der Waals surface area (Å²) in [5, 5.41) is 4.48. The first kappa shape index (κ1) is 10.2. The maximum absolute atomic E-state index is 5.83. The number of nitrogens with one attached hydrogen (secondary N) is 1. The summed E-state index contributed by atoms with van der Waals surface area (Å²) in [6, 6.07) is 8.45. The molecule has 0 bridgehead atoms. The van der Waals surface area contributed by atoms with E-state index in [-0.39, 0.29) is 0 Å². The lowest BCUT2D eigenvalue weighted by Gasteiger charge is -1.97. The van der Waals surface area contributed by atoms with Gasteiger partial charge in [0.05, 0.1) is 6.54 Å². The summed E-state index contributed by atoms with van der Waals surface area (Å²) < 4.78 is 5.83. The van der Waals surface area contributed by atoms with Crippen LogP contribution in [0.2, 0.25) is 0 Å². The number of rotatable bonds is 4. The minimum atomic E-state index is 0.814. The third-order valence-corrected chi connectivity index (χ3v) is 2.61. The van der Waals surface area contributed by atoms with E-state index in [0.29, 0.717) is 0 Å². The van der Waals surface area contributed by atoms with Crippen LogP contribution in [-0.4, -0.2) is 6.54 Å². The number of hydrogen-bond acceptors (Lipinski definition) is 2. The minimum absolute atomic E-state index is 0.814. The van der Waals surface area contributed by atoms with E-state index in [1.807, 2.05) is 0 Å². The molecular formula is C13H17NO. The van der Waals surface area contributed by atoms with Crippen LogP contribution < -0.4 is 5.32 Å². The highest BCUT2D eigenvalue weighted by atomic mass is 16.3.